The fraction of sp³-hybridized carbons (Fsp3) is 0.481. The number of allylic oxidation sites excluding steroid dienone is 12. The van der Waals surface area contributed by atoms with Gasteiger partial charge in [-0.05, 0) is 179 Å². The molecule has 0 bridgehead atoms. The first-order chi connectivity index (χ1) is 64.4. The van der Waals surface area contributed by atoms with Crippen molar-refractivity contribution >= 4 is 68.4 Å². The maximum absolute atomic E-state index is 11.4. The Morgan fingerprint density at radius 3 is 0.392 bits per heavy atom. The molecule has 852 valence electrons. The molecule has 0 spiro atoms. The van der Waals surface area contributed by atoms with Gasteiger partial charge in [-0.15, -0.1) is 34.6 Å². The molecule has 0 saturated carbocycles. The summed E-state index contributed by atoms with van der Waals surface area (Å²) in [6.07, 6.45) is 13.5. The fourth-order valence-electron chi connectivity index (χ4n) is 9.41. The molecule has 148 heavy (non-hydrogen) atoms. The molecule has 0 amide bonds. The summed E-state index contributed by atoms with van der Waals surface area (Å²) in [7, 11) is 19.8. The summed E-state index contributed by atoms with van der Waals surface area (Å²) in [6, 6.07) is 29.6. The monoisotopic (exact) mass is 3070 g/mol. The molecule has 6 aromatic carbocycles. The van der Waals surface area contributed by atoms with Gasteiger partial charge in [0.25, 0.3) is 0 Å². The molecule has 2 heterocycles. The normalized spacial score (nSPS) is 11.7. The van der Waals surface area contributed by atoms with Gasteiger partial charge in [0.05, 0.1) is 113 Å². The molecule has 0 atom stereocenters. The Bertz CT molecular complexity index is 3770. The largest absolute Gasteiger partial charge is 3.00 e. The van der Waals surface area contributed by atoms with Gasteiger partial charge < -0.3 is 202 Å². The predicted molar refractivity (Wildman–Crippen MR) is 526 cm³/mol. The second-order valence-electron chi connectivity index (χ2n) is 29.4. The van der Waals surface area contributed by atoms with Gasteiger partial charge in [0.15, 0.2) is 0 Å². The Labute approximate surface area is 1110 Å². The van der Waals surface area contributed by atoms with Crippen LogP contribution in [0.4, 0.5) is 34.1 Å². The molecule has 32 nitrogen and oxygen atoms in total. The van der Waals surface area contributed by atoms with E-state index in [1.54, 1.807) is 200 Å². The summed E-state index contributed by atoms with van der Waals surface area (Å²) < 4.78 is 65.8. The topological polar surface area (TPSA) is 480 Å². The molecule has 0 unspecified atom stereocenters. The van der Waals surface area contributed by atoms with Crippen molar-refractivity contribution in [1.29, 1.82) is 0 Å². The van der Waals surface area contributed by atoms with Crippen LogP contribution in [0.2, 0.25) is 0 Å². The molecule has 2 aliphatic rings. The van der Waals surface area contributed by atoms with Gasteiger partial charge in [0.2, 0.25) is 0 Å². The van der Waals surface area contributed by atoms with Crippen LogP contribution in [0.15, 0.2) is 210 Å². The first-order valence-electron chi connectivity index (χ1n) is 43.5. The fourth-order valence-corrected chi connectivity index (χ4v) is 9.41. The van der Waals surface area contributed by atoms with Gasteiger partial charge in [-0.1, -0.05) is 185 Å². The van der Waals surface area contributed by atoms with Crippen molar-refractivity contribution in [2.45, 2.75) is 150 Å². The number of hydrogen-bond donors (Lipinski definition) is 0. The van der Waals surface area contributed by atoms with E-state index >= 15 is 0 Å². The molecule has 44 heteroatoms. The maximum atomic E-state index is 11.4. The molecule has 6 aromatic rings. The summed E-state index contributed by atoms with van der Waals surface area (Å²) in [5, 5.41) is 133. The van der Waals surface area contributed by atoms with E-state index in [-0.39, 0.29) is 375 Å². The van der Waals surface area contributed by atoms with Crippen LogP contribution in [0.5, 0.6) is 34.5 Å². The van der Waals surface area contributed by atoms with Crippen molar-refractivity contribution in [2.24, 2.45) is 30.0 Å². The van der Waals surface area contributed by atoms with E-state index < -0.39 is 0 Å². The van der Waals surface area contributed by atoms with Gasteiger partial charge in [-0.2, -0.15) is 0 Å². The molecular formula is C104H154Cl6N6O26Tb6. The zero-order valence-corrected chi connectivity index (χ0v) is 108. The van der Waals surface area contributed by atoms with Crippen LogP contribution >= 0.6 is 0 Å². The zero-order valence-electron chi connectivity index (χ0n) is 90.6. The zero-order chi connectivity index (χ0) is 105. The minimum atomic E-state index is -0.128. The van der Waals surface area contributed by atoms with Gasteiger partial charge >= 0.3 is 232 Å². The SMILES string of the molecule is C1CCOC1.C1CCOC1.CC(/C=C(/C)[O-])=Nc1cc(C)ccc1[O-].CC(/C=C(/C)[O-])=Nc1cc(C)ccc1[O-].CC(/C=C(/C)[O-])=Nc1cc(C)ccc1[O-].CC(/C=C(/C)[O-])=Nc1cc(C)ccc1[O-].CC(/C=C(/C)[O-])=Nc1cc(C)ccc1[O-].CC(/C=C(/C)[O-])=Nc1cc(C)ccc1[O-].COCCOC.COCCOC.COCCOC.COCCOC.COCCOC.COCCOC.[Cl-].[Cl-].[Cl-].[Cl-].[Cl-].[Cl-].[Tb+3].[Tb+3].[Tb+3].[Tb+3].[Tb+3].[Tb+3]. The van der Waals surface area contributed by atoms with Crippen molar-refractivity contribution in [1.82, 2.24) is 0 Å². The average molecular weight is 3070 g/mol. The summed E-state index contributed by atoms with van der Waals surface area (Å²) in [6.45, 7) is 42.5. The Morgan fingerprint density at radius 1 is 0.216 bits per heavy atom. The number of aryl methyl sites for hydroxylation is 6. The average Bonchev–Trinajstić information content (AvgIpc) is 0.946. The first-order valence-corrected chi connectivity index (χ1v) is 43.5. The molecule has 0 N–H and O–H groups in total. The smallest absolute Gasteiger partial charge is 1.00 e. The van der Waals surface area contributed by atoms with Crippen molar-refractivity contribution in [3.05, 3.63) is 214 Å². The van der Waals surface area contributed by atoms with Gasteiger partial charge in [0.1, 0.15) is 0 Å². The second-order valence-corrected chi connectivity index (χ2v) is 29.4. The van der Waals surface area contributed by atoms with Crippen LogP contribution in [-0.4, -0.2) is 225 Å². The Morgan fingerprint density at radius 2 is 0.318 bits per heavy atom. The molecule has 0 radical (unpaired) electrons. The van der Waals surface area contributed by atoms with E-state index in [0.717, 1.165) is 59.8 Å². The third kappa shape index (κ3) is 128. The van der Waals surface area contributed by atoms with Crippen molar-refractivity contribution in [3.63, 3.8) is 0 Å². The molecule has 0 aliphatic carbocycles. The second kappa shape index (κ2) is 130. The Hall–Kier alpha value is -1.73. The number of aliphatic imine (C=N–C) groups is 6. The van der Waals surface area contributed by atoms with Crippen LogP contribution in [-0.2, 0) is 66.3 Å². The van der Waals surface area contributed by atoms with Crippen LogP contribution in [0.1, 0.15) is 142 Å². The van der Waals surface area contributed by atoms with Crippen molar-refractivity contribution in [3.8, 4) is 34.5 Å². The Balaban J connectivity index is -0.0000000778. The van der Waals surface area contributed by atoms with E-state index in [1.165, 1.54) is 140 Å². The van der Waals surface area contributed by atoms with E-state index in [1.807, 2.05) is 41.5 Å². The summed E-state index contributed by atoms with van der Waals surface area (Å²) in [4.78, 5) is 24.5. The van der Waals surface area contributed by atoms with Crippen LogP contribution < -0.4 is 136 Å². The maximum Gasteiger partial charge on any atom is 3.00 e. The standard InChI is InChI=1S/6C12H15NO2.6C4H10O2.2C4H8O.6ClH.6Tb/c6*1-8-4-5-12(15)11(6-8)13-9(2)7-10(3)14;6*1-5-3-4-6-2;2*1-2-4-5-3-1;;;;;;;;;;;;/h6*4-7,14-15H,1-3H3;6*3-4H2,1-2H3;2*1-4H2;6*1H;;;;;;/q;;;;;;;;;;;;;;;;;;;;6*+3/p-18/b6*10-7-,13-9?;;;;;;;;;;;;;;;;;;;;. The van der Waals surface area contributed by atoms with E-state index in [4.69, 9.17) is 9.47 Å². The third-order valence-electron chi connectivity index (χ3n) is 15.5. The van der Waals surface area contributed by atoms with Gasteiger partial charge in [-0.25, -0.2) is 0 Å². The summed E-state index contributed by atoms with van der Waals surface area (Å²) in [5.74, 6) is -1.20. The van der Waals surface area contributed by atoms with Gasteiger partial charge in [-0.3, -0.25) is 30.0 Å². The number of halogens is 6. The summed E-state index contributed by atoms with van der Waals surface area (Å²) in [5.41, 5.74) is 11.4. The van der Waals surface area contributed by atoms with E-state index in [0.29, 0.717) is 148 Å². The van der Waals surface area contributed by atoms with Crippen molar-refractivity contribution < 1.29 is 434 Å². The molecular weight excluding hydrogens is 2920 g/mol. The first kappa shape index (κ1) is 188. The quantitative estimate of drug-likeness (QED) is 0.0230. The number of hydrogen-bond acceptors (Lipinski definition) is 32. The number of benzene rings is 6. The Kier molecular flexibility index (Phi) is 165. The number of rotatable bonds is 30. The van der Waals surface area contributed by atoms with E-state index in [9.17, 15) is 61.3 Å². The van der Waals surface area contributed by atoms with Gasteiger partial charge in [0, 0.05) is 146 Å². The molecule has 2 saturated heterocycles. The minimum Gasteiger partial charge on any atom is -1.00 e. The molecule has 2 fully saturated rings. The number of methoxy groups -OCH3 is 12. The van der Waals surface area contributed by atoms with Crippen LogP contribution in [0, 0.1) is 273 Å². The molecule has 0 aromatic heterocycles. The minimum absolute atomic E-state index is 0. The van der Waals surface area contributed by atoms with Crippen LogP contribution in [0.3, 0.4) is 0 Å². The summed E-state index contributed by atoms with van der Waals surface area (Å²) >= 11 is 0. The van der Waals surface area contributed by atoms with Crippen molar-refractivity contribution in [2.75, 3.05) is 191 Å². The molecule has 8 rings (SSSR count). The predicted octanol–water partition coefficient (Wildman–Crippen LogP) is -6.16. The third-order valence-corrected chi connectivity index (χ3v) is 15.5. The molecule has 2 aliphatic heterocycles. The number of ether oxygens (including phenoxy) is 14. The number of nitrogens with zero attached hydrogens (tertiary/aromatic N) is 6. The van der Waals surface area contributed by atoms with E-state index in [2.05, 4.69) is 86.8 Å². The van der Waals surface area contributed by atoms with Crippen LogP contribution in [0.25, 0.3) is 0 Å².